The molecule has 0 fully saturated rings. The van der Waals surface area contributed by atoms with Crippen molar-refractivity contribution in [2.45, 2.75) is 105 Å². The van der Waals surface area contributed by atoms with Crippen LogP contribution in [-0.4, -0.2) is 5.84 Å². The first-order valence-electron chi connectivity index (χ1n) is 18.7. The summed E-state index contributed by atoms with van der Waals surface area (Å²) < 4.78 is 5.68. The predicted molar refractivity (Wildman–Crippen MR) is 226 cm³/mol. The minimum Gasteiger partial charge on any atom is -0.652 e. The molecular formula is C48H56AuN4O-2. The van der Waals surface area contributed by atoms with Gasteiger partial charge in [-0.3, -0.25) is 0 Å². The van der Waals surface area contributed by atoms with Crippen LogP contribution >= 0.6 is 0 Å². The van der Waals surface area contributed by atoms with Crippen molar-refractivity contribution < 1.29 is 27.1 Å². The average Bonchev–Trinajstić information content (AvgIpc) is 3.55. The maximum Gasteiger partial charge on any atom is 0.129 e. The molecule has 7 rings (SSSR count). The normalized spacial score (nSPS) is 14.0. The van der Waals surface area contributed by atoms with Crippen LogP contribution in [0.25, 0.3) is 5.32 Å². The zero-order valence-corrected chi connectivity index (χ0v) is 36.2. The number of ether oxygens (including phenoxy) is 1. The molecule has 0 N–H and O–H groups in total. The van der Waals surface area contributed by atoms with Crippen molar-refractivity contribution in [3.8, 4) is 11.5 Å². The van der Waals surface area contributed by atoms with Gasteiger partial charge in [-0.15, -0.1) is 6.67 Å². The molecule has 0 aliphatic carbocycles. The summed E-state index contributed by atoms with van der Waals surface area (Å²) in [5, 5.41) is 11.8. The number of hydrogen-bond acceptors (Lipinski definition) is 4. The molecule has 5 aromatic rings. The Morgan fingerprint density at radius 2 is 0.889 bits per heavy atom. The molecule has 0 unspecified atom stereocenters. The van der Waals surface area contributed by atoms with Crippen molar-refractivity contribution in [2.75, 3.05) is 9.91 Å². The van der Waals surface area contributed by atoms with E-state index in [0.29, 0.717) is 0 Å². The number of amidine groups is 1. The molecule has 6 heteroatoms. The van der Waals surface area contributed by atoms with Crippen molar-refractivity contribution in [1.82, 2.24) is 0 Å². The summed E-state index contributed by atoms with van der Waals surface area (Å²) in [5.41, 5.74) is 10.5. The van der Waals surface area contributed by atoms with Crippen LogP contribution in [0.1, 0.15) is 111 Å². The number of rotatable bonds is 3. The maximum absolute atomic E-state index is 5.68. The van der Waals surface area contributed by atoms with Gasteiger partial charge >= 0.3 is 0 Å². The third-order valence-corrected chi connectivity index (χ3v) is 9.72. The van der Waals surface area contributed by atoms with Gasteiger partial charge in [0.15, 0.2) is 0 Å². The zero-order chi connectivity index (χ0) is 38.3. The first-order chi connectivity index (χ1) is 24.8. The first-order valence-corrected chi connectivity index (χ1v) is 18.7. The van der Waals surface area contributed by atoms with E-state index in [1.54, 1.807) is 0 Å². The van der Waals surface area contributed by atoms with Gasteiger partial charge in [-0.05, 0) is 80.3 Å². The predicted octanol–water partition coefficient (Wildman–Crippen LogP) is 13.8. The second-order valence-corrected chi connectivity index (χ2v) is 18.3. The molecule has 0 aromatic heterocycles. The molecule has 54 heavy (non-hydrogen) atoms. The maximum atomic E-state index is 5.68. The van der Waals surface area contributed by atoms with Crippen molar-refractivity contribution in [3.05, 3.63) is 155 Å². The molecule has 0 amide bonds. The standard InChI is InChI=1S/C36H48N3.C12H8NO.Au/c1-33(2,3)26-18-27(34(4,5)6)21-30(20-26)38-24-39(37-32(38)25-16-14-13-15-17-25)31-22-28(35(7,8)9)19-29(23-31)36(10,11)12;1-3-7-11-9(5-1)13-10-6-2-4-8-12(10)14-11;/h13-24H,1-12H3;1-8H;/q2*-1;. The molecular weight excluding hydrogens is 846 g/mol. The van der Waals surface area contributed by atoms with Gasteiger partial charge in [0.05, 0.1) is 0 Å². The summed E-state index contributed by atoms with van der Waals surface area (Å²) in [4.78, 5) is 2.26. The van der Waals surface area contributed by atoms with Gasteiger partial charge in [-0.25, -0.2) is 0 Å². The Bertz CT molecular complexity index is 1960. The van der Waals surface area contributed by atoms with E-state index in [0.717, 1.165) is 45.6 Å². The van der Waals surface area contributed by atoms with Gasteiger partial charge in [0.25, 0.3) is 0 Å². The third-order valence-electron chi connectivity index (χ3n) is 9.72. The summed E-state index contributed by atoms with van der Waals surface area (Å²) in [7, 11) is 0. The fourth-order valence-electron chi connectivity index (χ4n) is 6.18. The second kappa shape index (κ2) is 15.5. The monoisotopic (exact) mass is 901 g/mol. The van der Waals surface area contributed by atoms with Crippen molar-refractivity contribution >= 4 is 28.6 Å². The molecule has 0 saturated carbocycles. The van der Waals surface area contributed by atoms with E-state index in [4.69, 9.17) is 9.84 Å². The summed E-state index contributed by atoms with van der Waals surface area (Å²) in [6, 6.07) is 40.1. The van der Waals surface area contributed by atoms with Gasteiger partial charge in [-0.2, -0.15) is 5.10 Å². The Morgan fingerprint density at radius 3 is 1.31 bits per heavy atom. The number of hydrazone groups is 1. The number of nitrogens with zero attached hydrogens (tertiary/aromatic N) is 4. The van der Waals surface area contributed by atoms with E-state index >= 15 is 0 Å². The van der Waals surface area contributed by atoms with E-state index < -0.39 is 0 Å². The van der Waals surface area contributed by atoms with Crippen LogP contribution in [0.4, 0.5) is 22.7 Å². The zero-order valence-electron chi connectivity index (χ0n) is 34.0. The van der Waals surface area contributed by atoms with Crippen molar-refractivity contribution in [2.24, 2.45) is 5.10 Å². The van der Waals surface area contributed by atoms with Crippen LogP contribution < -0.4 is 14.6 Å². The van der Waals surface area contributed by atoms with Crippen molar-refractivity contribution in [1.29, 1.82) is 0 Å². The Kier molecular flexibility index (Phi) is 11.7. The largest absolute Gasteiger partial charge is 0.652 e. The Hall–Kier alpha value is -4.29. The van der Waals surface area contributed by atoms with Crippen LogP contribution in [-0.2, 0) is 44.0 Å². The van der Waals surface area contributed by atoms with E-state index in [1.807, 2.05) is 48.5 Å². The van der Waals surface area contributed by atoms with Crippen LogP contribution in [0, 0.1) is 6.67 Å². The molecule has 287 valence electrons. The minimum atomic E-state index is 0. The van der Waals surface area contributed by atoms with Crippen molar-refractivity contribution in [3.63, 3.8) is 0 Å². The quantitative estimate of drug-likeness (QED) is 0.131. The summed E-state index contributed by atoms with van der Waals surface area (Å²) >= 11 is 0. The molecule has 5 aromatic carbocycles. The fraction of sp³-hybridized carbons (Fsp3) is 0.333. The summed E-state index contributed by atoms with van der Waals surface area (Å²) in [6.07, 6.45) is 0. The number of fused-ring (bicyclic) bond motifs is 2. The molecule has 2 heterocycles. The van der Waals surface area contributed by atoms with E-state index in [1.165, 1.54) is 22.3 Å². The Labute approximate surface area is 340 Å². The SMILES string of the molecule is CC(C)(C)c1cc(N2[CH-]N(c3cc(C(C)(C)C)cc(C(C)(C)C)c3)C(c3ccccc3)=N2)cc(C(C)(C)C)c1.[Au].c1ccc2c(c1)[N-]c1ccccc1O2. The molecule has 1 radical (unpaired) electrons. The molecule has 5 nitrogen and oxygen atoms in total. The van der Waals surface area contributed by atoms with Gasteiger partial charge in [0.1, 0.15) is 17.3 Å². The van der Waals surface area contributed by atoms with Gasteiger partial charge in [-0.1, -0.05) is 173 Å². The van der Waals surface area contributed by atoms with E-state index in [2.05, 4.69) is 172 Å². The van der Waals surface area contributed by atoms with Gasteiger partial charge in [0.2, 0.25) is 0 Å². The third kappa shape index (κ3) is 9.32. The molecule has 2 aliphatic heterocycles. The topological polar surface area (TPSA) is 42.2 Å². The van der Waals surface area contributed by atoms with Crippen LogP contribution in [0.2, 0.25) is 0 Å². The first kappa shape index (κ1) is 40.9. The number of para-hydroxylation sites is 4. The van der Waals surface area contributed by atoms with Crippen LogP contribution in [0.3, 0.4) is 0 Å². The molecule has 0 atom stereocenters. The van der Waals surface area contributed by atoms with Crippen LogP contribution in [0.15, 0.2) is 120 Å². The number of benzene rings is 5. The molecule has 0 saturated heterocycles. The fourth-order valence-corrected chi connectivity index (χ4v) is 6.18. The minimum absolute atomic E-state index is 0. The Balaban J connectivity index is 0.000000309. The summed E-state index contributed by atoms with van der Waals surface area (Å²) in [6.45, 7) is 29.6. The van der Waals surface area contributed by atoms with E-state index in [9.17, 15) is 0 Å². The van der Waals surface area contributed by atoms with Crippen LogP contribution in [0.5, 0.6) is 11.5 Å². The second-order valence-electron chi connectivity index (χ2n) is 18.3. The summed E-state index contributed by atoms with van der Waals surface area (Å²) in [5.74, 6) is 2.58. The average molecular weight is 902 g/mol. The van der Waals surface area contributed by atoms with Gasteiger partial charge < -0.3 is 20.0 Å². The molecule has 2 aliphatic rings. The van der Waals surface area contributed by atoms with E-state index in [-0.39, 0.29) is 44.0 Å². The van der Waals surface area contributed by atoms with Gasteiger partial charge in [0, 0.05) is 39.3 Å². The Morgan fingerprint density at radius 1 is 0.500 bits per heavy atom. The molecule has 0 spiro atoms. The number of hydrogen-bond donors (Lipinski definition) is 0. The number of anilines is 2. The molecule has 0 bridgehead atoms. The smallest absolute Gasteiger partial charge is 0.129 e.